The summed E-state index contributed by atoms with van der Waals surface area (Å²) >= 11 is 0. The molecule has 0 N–H and O–H groups in total. The zero-order valence-electron chi connectivity index (χ0n) is 13.3. The third kappa shape index (κ3) is 8.30. The van der Waals surface area contributed by atoms with Gasteiger partial charge in [0.25, 0.3) is 0 Å². The average molecular weight is 290 g/mol. The van der Waals surface area contributed by atoms with E-state index in [0.29, 0.717) is 6.61 Å². The number of carbonyl (C=O) groups is 1. The van der Waals surface area contributed by atoms with E-state index >= 15 is 0 Å². The summed E-state index contributed by atoms with van der Waals surface area (Å²) in [6.07, 6.45) is 6.34. The minimum atomic E-state index is -0.291. The second kappa shape index (κ2) is 9.35. The van der Waals surface area contributed by atoms with Crippen molar-refractivity contribution in [2.24, 2.45) is 5.41 Å². The largest absolute Gasteiger partial charge is 0.466 e. The summed E-state index contributed by atoms with van der Waals surface area (Å²) in [4.78, 5) is 10.9. The Bertz CT molecular complexity index is 435. The Morgan fingerprint density at radius 2 is 1.95 bits per heavy atom. The summed E-state index contributed by atoms with van der Waals surface area (Å²) < 4.78 is 10.4. The van der Waals surface area contributed by atoms with E-state index in [1.807, 2.05) is 24.3 Å². The first-order valence-electron chi connectivity index (χ1n) is 7.40. The summed E-state index contributed by atoms with van der Waals surface area (Å²) in [6.45, 7) is 5.82. The van der Waals surface area contributed by atoms with Gasteiger partial charge in [-0.1, -0.05) is 50.3 Å². The zero-order chi connectivity index (χ0) is 15.6. The molecular formula is C18H26O3. The van der Waals surface area contributed by atoms with Gasteiger partial charge in [-0.05, 0) is 30.2 Å². The Hall–Kier alpha value is -1.61. The third-order valence-corrected chi connectivity index (χ3v) is 3.28. The molecule has 0 saturated heterocycles. The molecule has 3 heteroatoms. The maximum atomic E-state index is 10.9. The molecule has 0 aromatic heterocycles. The maximum absolute atomic E-state index is 10.9. The summed E-state index contributed by atoms with van der Waals surface area (Å²) in [7, 11) is 1.39. The van der Waals surface area contributed by atoms with E-state index in [1.165, 1.54) is 18.7 Å². The first-order valence-corrected chi connectivity index (χ1v) is 7.40. The number of esters is 1. The van der Waals surface area contributed by atoms with E-state index in [0.717, 1.165) is 25.9 Å². The molecule has 0 heterocycles. The van der Waals surface area contributed by atoms with Gasteiger partial charge < -0.3 is 9.47 Å². The number of hydrogen-bond acceptors (Lipinski definition) is 3. The van der Waals surface area contributed by atoms with Gasteiger partial charge in [-0.15, -0.1) is 0 Å². The van der Waals surface area contributed by atoms with Gasteiger partial charge in [0, 0.05) is 6.08 Å². The van der Waals surface area contributed by atoms with Crippen molar-refractivity contribution in [2.45, 2.75) is 39.7 Å². The van der Waals surface area contributed by atoms with Crippen LogP contribution in [0.3, 0.4) is 0 Å². The van der Waals surface area contributed by atoms with E-state index < -0.39 is 0 Å². The molecule has 0 fully saturated rings. The van der Waals surface area contributed by atoms with Gasteiger partial charge in [0.2, 0.25) is 0 Å². The minimum absolute atomic E-state index is 0.147. The van der Waals surface area contributed by atoms with Crippen molar-refractivity contribution in [1.82, 2.24) is 0 Å². The molecule has 0 aliphatic carbocycles. The molecule has 116 valence electrons. The summed E-state index contributed by atoms with van der Waals surface area (Å²) in [5.74, 6) is -0.291. The van der Waals surface area contributed by atoms with Crippen molar-refractivity contribution in [3.05, 3.63) is 48.0 Å². The van der Waals surface area contributed by atoms with Crippen LogP contribution in [0.2, 0.25) is 0 Å². The number of methoxy groups -OCH3 is 1. The first kappa shape index (κ1) is 17.4. The number of carbonyl (C=O) groups excluding carboxylic acids is 1. The molecule has 0 atom stereocenters. The summed E-state index contributed by atoms with van der Waals surface area (Å²) in [5, 5.41) is 0. The van der Waals surface area contributed by atoms with Crippen LogP contribution in [0.4, 0.5) is 0 Å². The zero-order valence-corrected chi connectivity index (χ0v) is 13.3. The highest BCUT2D eigenvalue weighted by molar-refractivity contribution is 5.81. The van der Waals surface area contributed by atoms with E-state index in [9.17, 15) is 4.79 Å². The molecule has 0 bridgehead atoms. The highest BCUT2D eigenvalue weighted by atomic mass is 16.5. The van der Waals surface area contributed by atoms with Crippen molar-refractivity contribution >= 4 is 5.97 Å². The molecule has 1 rings (SSSR count). The number of rotatable bonds is 9. The molecule has 1 aromatic carbocycles. The molecule has 21 heavy (non-hydrogen) atoms. The first-order chi connectivity index (χ1) is 10.0. The second-order valence-corrected chi connectivity index (χ2v) is 5.96. The van der Waals surface area contributed by atoms with E-state index in [2.05, 4.69) is 30.7 Å². The lowest BCUT2D eigenvalue weighted by Crippen LogP contribution is -2.19. The van der Waals surface area contributed by atoms with Crippen molar-refractivity contribution in [3.63, 3.8) is 0 Å². The highest BCUT2D eigenvalue weighted by Crippen LogP contribution is 2.24. The van der Waals surface area contributed by atoms with Crippen LogP contribution in [-0.2, 0) is 20.9 Å². The number of unbranched alkanes of at least 4 members (excludes halogenated alkanes) is 1. The molecule has 0 aliphatic heterocycles. The molecule has 0 amide bonds. The van der Waals surface area contributed by atoms with Crippen LogP contribution < -0.4 is 0 Å². The van der Waals surface area contributed by atoms with Crippen molar-refractivity contribution in [3.8, 4) is 0 Å². The molecule has 0 unspecified atom stereocenters. The summed E-state index contributed by atoms with van der Waals surface area (Å²) in [6, 6.07) is 10.2. The SMILES string of the molecule is COC(=O)C=CCCCC(C)(C)COCc1ccccc1. The van der Waals surface area contributed by atoms with Crippen LogP contribution in [0.5, 0.6) is 0 Å². The van der Waals surface area contributed by atoms with E-state index in [4.69, 9.17) is 4.74 Å². The van der Waals surface area contributed by atoms with Crippen LogP contribution in [-0.4, -0.2) is 19.7 Å². The smallest absolute Gasteiger partial charge is 0.330 e. The molecule has 0 saturated carbocycles. The average Bonchev–Trinajstić information content (AvgIpc) is 2.47. The molecule has 1 aromatic rings. The Labute approximate surface area is 128 Å². The van der Waals surface area contributed by atoms with Crippen LogP contribution >= 0.6 is 0 Å². The standard InChI is InChI=1S/C18H26O3/c1-18(2,13-9-5-8-12-17(19)20-3)15-21-14-16-10-6-4-7-11-16/h4,6-8,10-12H,5,9,13-15H2,1-3H3. The van der Waals surface area contributed by atoms with Gasteiger partial charge in [-0.2, -0.15) is 0 Å². The van der Waals surface area contributed by atoms with Crippen LogP contribution in [0.1, 0.15) is 38.7 Å². The van der Waals surface area contributed by atoms with Gasteiger partial charge in [0.1, 0.15) is 0 Å². The molecule has 0 radical (unpaired) electrons. The quantitative estimate of drug-likeness (QED) is 0.390. The Balaban J connectivity index is 2.18. The lowest BCUT2D eigenvalue weighted by Gasteiger charge is -2.24. The molecular weight excluding hydrogens is 264 g/mol. The van der Waals surface area contributed by atoms with Crippen molar-refractivity contribution in [2.75, 3.05) is 13.7 Å². The molecule has 0 aliphatic rings. The van der Waals surface area contributed by atoms with Crippen molar-refractivity contribution in [1.29, 1.82) is 0 Å². The van der Waals surface area contributed by atoms with Gasteiger partial charge in [-0.3, -0.25) is 0 Å². The third-order valence-electron chi connectivity index (χ3n) is 3.28. The second-order valence-electron chi connectivity index (χ2n) is 5.96. The number of benzene rings is 1. The van der Waals surface area contributed by atoms with Gasteiger partial charge in [0.05, 0.1) is 20.3 Å². The Morgan fingerprint density at radius 3 is 2.62 bits per heavy atom. The number of ether oxygens (including phenoxy) is 2. The number of allylic oxidation sites excluding steroid dienone is 1. The predicted octanol–water partition coefficient (Wildman–Crippen LogP) is 4.13. The Kier molecular flexibility index (Phi) is 7.76. The minimum Gasteiger partial charge on any atom is -0.466 e. The van der Waals surface area contributed by atoms with E-state index in [1.54, 1.807) is 0 Å². The Morgan fingerprint density at radius 1 is 1.24 bits per heavy atom. The normalized spacial score (nSPS) is 11.8. The lowest BCUT2D eigenvalue weighted by atomic mass is 9.88. The maximum Gasteiger partial charge on any atom is 0.330 e. The fourth-order valence-corrected chi connectivity index (χ4v) is 2.04. The van der Waals surface area contributed by atoms with Crippen LogP contribution in [0.15, 0.2) is 42.5 Å². The fourth-order valence-electron chi connectivity index (χ4n) is 2.04. The van der Waals surface area contributed by atoms with E-state index in [-0.39, 0.29) is 11.4 Å². The molecule has 0 spiro atoms. The predicted molar refractivity (Wildman–Crippen MR) is 84.9 cm³/mol. The summed E-state index contributed by atoms with van der Waals surface area (Å²) in [5.41, 5.74) is 1.35. The monoisotopic (exact) mass is 290 g/mol. The van der Waals surface area contributed by atoms with Crippen LogP contribution in [0, 0.1) is 5.41 Å². The van der Waals surface area contributed by atoms with Gasteiger partial charge in [0.15, 0.2) is 0 Å². The van der Waals surface area contributed by atoms with Gasteiger partial charge >= 0.3 is 5.97 Å². The van der Waals surface area contributed by atoms with Gasteiger partial charge in [-0.25, -0.2) is 4.79 Å². The topological polar surface area (TPSA) is 35.5 Å². The highest BCUT2D eigenvalue weighted by Gasteiger charge is 2.17. The fraction of sp³-hybridized carbons (Fsp3) is 0.500. The molecule has 3 nitrogen and oxygen atoms in total. The lowest BCUT2D eigenvalue weighted by molar-refractivity contribution is -0.134. The van der Waals surface area contributed by atoms with Crippen molar-refractivity contribution < 1.29 is 14.3 Å². The number of hydrogen-bond donors (Lipinski definition) is 0. The van der Waals surface area contributed by atoms with Crippen LogP contribution in [0.25, 0.3) is 0 Å².